The summed E-state index contributed by atoms with van der Waals surface area (Å²) in [5.74, 6) is 2.30. The van der Waals surface area contributed by atoms with Crippen LogP contribution in [-0.2, 0) is 19.2 Å². The van der Waals surface area contributed by atoms with E-state index in [1.54, 1.807) is 0 Å². The van der Waals surface area contributed by atoms with Crippen molar-refractivity contribution in [2.24, 2.45) is 0 Å². The summed E-state index contributed by atoms with van der Waals surface area (Å²) in [5, 5.41) is 0. The molecule has 3 aromatic carbocycles. The van der Waals surface area contributed by atoms with Crippen molar-refractivity contribution in [3.05, 3.63) is 89.5 Å². The van der Waals surface area contributed by atoms with Gasteiger partial charge in [0.05, 0.1) is 0 Å². The molecule has 0 aliphatic carbocycles. The van der Waals surface area contributed by atoms with Crippen molar-refractivity contribution < 1.29 is 27.7 Å². The number of hydrogen-bond acceptors (Lipinski definition) is 3. The Balaban J connectivity index is 1.96. The van der Waals surface area contributed by atoms with Crippen LogP contribution in [-0.4, -0.2) is 0 Å². The normalized spacial score (nSPS) is 11.1. The van der Waals surface area contributed by atoms with Crippen LogP contribution in [0.5, 0.6) is 17.2 Å². The maximum atomic E-state index is 6.33. The summed E-state index contributed by atoms with van der Waals surface area (Å²) in [6.07, 6.45) is 0. The quantitative estimate of drug-likeness (QED) is 0.401. The molecular weight excluding hydrogens is 471 g/mol. The minimum absolute atomic E-state index is 0.766. The van der Waals surface area contributed by atoms with Gasteiger partial charge in [-0.2, -0.15) is 0 Å². The zero-order chi connectivity index (χ0) is 18.6. The van der Waals surface area contributed by atoms with E-state index in [1.807, 2.05) is 93.6 Å². The summed E-state index contributed by atoms with van der Waals surface area (Å²) in [7, 11) is 0. The molecule has 5 heteroatoms. The van der Waals surface area contributed by atoms with Gasteiger partial charge in [-0.05, 0) is 0 Å². The Bertz CT molecular complexity index is 782. The molecule has 0 saturated heterocycles. The van der Waals surface area contributed by atoms with E-state index in [0.29, 0.717) is 0 Å². The maximum absolute atomic E-state index is 6.33. The molecular formula is C21H21BrO3Zr. The molecule has 0 aliphatic heterocycles. The summed E-state index contributed by atoms with van der Waals surface area (Å²) in [5.41, 5.74) is 3.11. The van der Waals surface area contributed by atoms with Crippen molar-refractivity contribution in [2.75, 3.05) is 0 Å². The third-order valence-corrected chi connectivity index (χ3v) is 10.3. The molecule has 3 nitrogen and oxygen atoms in total. The predicted molar refractivity (Wildman–Crippen MR) is 104 cm³/mol. The van der Waals surface area contributed by atoms with Crippen molar-refractivity contribution in [3.8, 4) is 17.2 Å². The van der Waals surface area contributed by atoms with Crippen LogP contribution >= 0.6 is 12.2 Å². The first-order valence-electron chi connectivity index (χ1n) is 8.40. The molecule has 0 aliphatic rings. The molecule has 0 heterocycles. The second-order valence-electron chi connectivity index (χ2n) is 6.08. The average Bonchev–Trinajstić information content (AvgIpc) is 2.61. The fourth-order valence-corrected chi connectivity index (χ4v) is 9.50. The summed E-state index contributed by atoms with van der Waals surface area (Å²) in [4.78, 5) is 0. The molecule has 0 N–H and O–H groups in total. The van der Waals surface area contributed by atoms with Crippen LogP contribution in [0, 0.1) is 20.8 Å². The molecule has 0 atom stereocenters. The molecule has 0 saturated carbocycles. The van der Waals surface area contributed by atoms with E-state index in [4.69, 9.17) is 8.44 Å². The topological polar surface area (TPSA) is 27.7 Å². The van der Waals surface area contributed by atoms with Crippen LogP contribution in [0.15, 0.2) is 72.8 Å². The Kier molecular flexibility index (Phi) is 6.21. The van der Waals surface area contributed by atoms with Crippen molar-refractivity contribution >= 4 is 12.2 Å². The Morgan fingerprint density at radius 1 is 0.538 bits per heavy atom. The fourth-order valence-electron chi connectivity index (χ4n) is 2.47. The molecule has 0 unspecified atom stereocenters. The van der Waals surface area contributed by atoms with Gasteiger partial charge in [0.1, 0.15) is 0 Å². The first kappa shape index (κ1) is 19.2. The molecule has 134 valence electrons. The Hall–Kier alpha value is -1.58. The summed E-state index contributed by atoms with van der Waals surface area (Å²) in [6.45, 7) is 6.03. The van der Waals surface area contributed by atoms with Gasteiger partial charge in [-0.1, -0.05) is 0 Å². The Labute approximate surface area is 166 Å². The molecule has 0 amide bonds. The van der Waals surface area contributed by atoms with Crippen molar-refractivity contribution in [3.63, 3.8) is 0 Å². The number of benzene rings is 3. The van der Waals surface area contributed by atoms with Gasteiger partial charge >= 0.3 is 167 Å². The van der Waals surface area contributed by atoms with Crippen LogP contribution in [0.1, 0.15) is 16.7 Å². The van der Waals surface area contributed by atoms with Crippen LogP contribution < -0.4 is 8.44 Å². The molecule has 0 spiro atoms. The van der Waals surface area contributed by atoms with E-state index in [9.17, 15) is 0 Å². The monoisotopic (exact) mass is 490 g/mol. The van der Waals surface area contributed by atoms with E-state index >= 15 is 0 Å². The van der Waals surface area contributed by atoms with Crippen LogP contribution in [0.25, 0.3) is 0 Å². The standard InChI is InChI=1S/3C7H8O.BrH.Zr/c3*1-6-4-2-3-5-7(6)8;;/h3*2-5,8H,1H3;1H;/q;;;;+4/p-4. The Morgan fingerprint density at radius 3 is 1.08 bits per heavy atom. The van der Waals surface area contributed by atoms with Gasteiger partial charge in [-0.25, -0.2) is 0 Å². The number of hydrogen-bond donors (Lipinski definition) is 0. The third kappa shape index (κ3) is 4.78. The molecule has 0 fully saturated rings. The summed E-state index contributed by atoms with van der Waals surface area (Å²) < 4.78 is 19.0. The number of para-hydroxylation sites is 3. The first-order valence-corrected chi connectivity index (χ1v) is 17.0. The van der Waals surface area contributed by atoms with Gasteiger partial charge in [-0.3, -0.25) is 0 Å². The fraction of sp³-hybridized carbons (Fsp3) is 0.143. The molecule has 0 bridgehead atoms. The Morgan fingerprint density at radius 2 is 0.808 bits per heavy atom. The number of aryl methyl sites for hydroxylation is 3. The molecule has 0 aromatic heterocycles. The predicted octanol–water partition coefficient (Wildman–Crippen LogP) is 6.36. The molecule has 0 radical (unpaired) electrons. The zero-order valence-electron chi connectivity index (χ0n) is 15.0. The van der Waals surface area contributed by atoms with Crippen LogP contribution in [0.4, 0.5) is 0 Å². The van der Waals surface area contributed by atoms with Gasteiger partial charge in [0, 0.05) is 0 Å². The van der Waals surface area contributed by atoms with Crippen molar-refractivity contribution in [1.82, 2.24) is 0 Å². The number of rotatable bonds is 6. The average molecular weight is 493 g/mol. The van der Waals surface area contributed by atoms with Crippen LogP contribution in [0.3, 0.4) is 0 Å². The molecule has 3 rings (SSSR count). The summed E-state index contributed by atoms with van der Waals surface area (Å²) >= 11 is -0.408. The summed E-state index contributed by atoms with van der Waals surface area (Å²) in [6, 6.07) is 23.6. The number of halogens is 1. The second-order valence-corrected chi connectivity index (χ2v) is 15.7. The second kappa shape index (κ2) is 8.41. The van der Waals surface area contributed by atoms with Crippen LogP contribution in [0.2, 0.25) is 0 Å². The first-order chi connectivity index (χ1) is 12.5. The van der Waals surface area contributed by atoms with Gasteiger partial charge in [0.25, 0.3) is 0 Å². The molecule has 3 aromatic rings. The SMILES string of the molecule is Cc1ccccc1[O][Zr]([Br])([O]c1ccccc1C)[O]c1ccccc1C. The van der Waals surface area contributed by atoms with E-state index in [-0.39, 0.29) is 0 Å². The van der Waals surface area contributed by atoms with E-state index in [0.717, 1.165) is 33.9 Å². The van der Waals surface area contributed by atoms with E-state index < -0.39 is 19.2 Å². The third-order valence-electron chi connectivity index (χ3n) is 3.98. The van der Waals surface area contributed by atoms with Crippen molar-refractivity contribution in [2.45, 2.75) is 20.8 Å². The van der Waals surface area contributed by atoms with Crippen molar-refractivity contribution in [1.29, 1.82) is 0 Å². The van der Waals surface area contributed by atoms with Gasteiger partial charge < -0.3 is 0 Å². The minimum atomic E-state index is -4.15. The zero-order valence-corrected chi connectivity index (χ0v) is 19.1. The van der Waals surface area contributed by atoms with E-state index in [2.05, 4.69) is 12.2 Å². The van der Waals surface area contributed by atoms with E-state index in [1.165, 1.54) is 0 Å². The molecule has 26 heavy (non-hydrogen) atoms. The van der Waals surface area contributed by atoms with Gasteiger partial charge in [0.15, 0.2) is 0 Å². The van der Waals surface area contributed by atoms with Gasteiger partial charge in [-0.15, -0.1) is 0 Å². The van der Waals surface area contributed by atoms with Gasteiger partial charge in [0.2, 0.25) is 0 Å².